The van der Waals surface area contributed by atoms with E-state index in [4.69, 9.17) is 4.74 Å². The highest BCUT2D eigenvalue weighted by Crippen LogP contribution is 2.32. The van der Waals surface area contributed by atoms with Crippen molar-refractivity contribution < 1.29 is 27.1 Å². The maximum atomic E-state index is 13.1. The Morgan fingerprint density at radius 2 is 1.92 bits per heavy atom. The molecule has 0 fully saturated rings. The van der Waals surface area contributed by atoms with Crippen molar-refractivity contribution in [3.63, 3.8) is 0 Å². The van der Waals surface area contributed by atoms with Gasteiger partial charge in [-0.25, -0.2) is 14.4 Å². The van der Waals surface area contributed by atoms with Gasteiger partial charge in [0, 0.05) is 19.2 Å². The first-order valence-electron chi connectivity index (χ1n) is 7.40. The van der Waals surface area contributed by atoms with Gasteiger partial charge in [0.1, 0.15) is 11.5 Å². The number of nitrogens with zero attached hydrogens (tertiary/aromatic N) is 2. The van der Waals surface area contributed by atoms with Crippen molar-refractivity contribution in [3.8, 4) is 11.3 Å². The normalized spacial score (nSPS) is 11.4. The van der Waals surface area contributed by atoms with Gasteiger partial charge in [-0.05, 0) is 30.3 Å². The van der Waals surface area contributed by atoms with Crippen LogP contribution in [0.25, 0.3) is 11.3 Å². The average molecular weight is 389 g/mol. The van der Waals surface area contributed by atoms with Gasteiger partial charge < -0.3 is 10.1 Å². The Balaban J connectivity index is 2.21. The first-order chi connectivity index (χ1) is 12.3. The molecule has 1 heterocycles. The number of methoxy groups -OCH3 is 1. The maximum absolute atomic E-state index is 13.1. The van der Waals surface area contributed by atoms with Crippen molar-refractivity contribution >= 4 is 17.7 Å². The smallest absolute Gasteiger partial charge is 0.383 e. The first-order valence-corrected chi connectivity index (χ1v) is 8.39. The fourth-order valence-corrected chi connectivity index (χ4v) is 2.57. The molecule has 2 aromatic rings. The third-order valence-electron chi connectivity index (χ3n) is 3.10. The number of halogens is 4. The minimum atomic E-state index is -4.67. The molecule has 1 aromatic heterocycles. The number of carbonyl (C=O) groups is 1. The number of ether oxygens (including phenoxy) is 1. The quantitative estimate of drug-likeness (QED) is 0.341. The lowest BCUT2D eigenvalue weighted by Crippen LogP contribution is -2.28. The Morgan fingerprint density at radius 3 is 2.54 bits per heavy atom. The van der Waals surface area contributed by atoms with Crippen LogP contribution in [-0.4, -0.2) is 41.9 Å². The summed E-state index contributed by atoms with van der Waals surface area (Å²) in [4.78, 5) is 19.2. The minimum absolute atomic E-state index is 0.00499. The van der Waals surface area contributed by atoms with Crippen molar-refractivity contribution in [3.05, 3.63) is 41.8 Å². The molecule has 1 amide bonds. The second-order valence-corrected chi connectivity index (χ2v) is 6.00. The van der Waals surface area contributed by atoms with E-state index in [2.05, 4.69) is 15.3 Å². The number of alkyl halides is 3. The zero-order valence-corrected chi connectivity index (χ0v) is 14.5. The van der Waals surface area contributed by atoms with E-state index in [1.807, 2.05) is 0 Å². The molecule has 0 bridgehead atoms. The fourth-order valence-electron chi connectivity index (χ4n) is 1.88. The van der Waals surface area contributed by atoms with Gasteiger partial charge in [0.05, 0.1) is 18.1 Å². The molecule has 0 atom stereocenters. The van der Waals surface area contributed by atoms with Crippen molar-refractivity contribution in [2.24, 2.45) is 0 Å². The molecule has 1 N–H and O–H groups in total. The van der Waals surface area contributed by atoms with Crippen LogP contribution in [0.5, 0.6) is 0 Å². The summed E-state index contributed by atoms with van der Waals surface area (Å²) in [5.41, 5.74) is -0.825. The number of hydrogen-bond donors (Lipinski definition) is 1. The van der Waals surface area contributed by atoms with Gasteiger partial charge in [-0.2, -0.15) is 13.2 Å². The Bertz CT molecular complexity index is 754. The summed E-state index contributed by atoms with van der Waals surface area (Å²) in [5.74, 6) is -1.04. The number of hydrogen-bond acceptors (Lipinski definition) is 5. The second-order valence-electron chi connectivity index (χ2n) is 5.06. The molecule has 0 aliphatic heterocycles. The second kappa shape index (κ2) is 8.95. The molecule has 0 radical (unpaired) electrons. The fraction of sp³-hybridized carbons (Fsp3) is 0.312. The number of benzene rings is 1. The van der Waals surface area contributed by atoms with Crippen molar-refractivity contribution in [2.45, 2.75) is 11.3 Å². The van der Waals surface area contributed by atoms with Gasteiger partial charge in [0.25, 0.3) is 0 Å². The summed E-state index contributed by atoms with van der Waals surface area (Å²) in [6, 6.07) is 5.69. The van der Waals surface area contributed by atoms with Crippen LogP contribution in [0.4, 0.5) is 17.6 Å². The van der Waals surface area contributed by atoms with Gasteiger partial charge in [-0.3, -0.25) is 4.79 Å². The van der Waals surface area contributed by atoms with Crippen LogP contribution in [0, 0.1) is 5.82 Å². The van der Waals surface area contributed by atoms with Crippen LogP contribution in [0.1, 0.15) is 5.69 Å². The van der Waals surface area contributed by atoms with E-state index in [0.717, 1.165) is 30.0 Å². The Kier molecular flexibility index (Phi) is 6.92. The molecule has 0 aliphatic rings. The molecule has 10 heteroatoms. The van der Waals surface area contributed by atoms with Crippen molar-refractivity contribution in [1.29, 1.82) is 0 Å². The molecular weight excluding hydrogens is 374 g/mol. The minimum Gasteiger partial charge on any atom is -0.383 e. The monoisotopic (exact) mass is 389 g/mol. The lowest BCUT2D eigenvalue weighted by Gasteiger charge is -2.10. The van der Waals surface area contributed by atoms with E-state index >= 15 is 0 Å². The predicted molar refractivity (Wildman–Crippen MR) is 88.0 cm³/mol. The van der Waals surface area contributed by atoms with E-state index < -0.39 is 17.7 Å². The summed E-state index contributed by atoms with van der Waals surface area (Å²) in [5, 5.41) is 2.35. The number of amides is 1. The van der Waals surface area contributed by atoms with E-state index in [0.29, 0.717) is 18.7 Å². The van der Waals surface area contributed by atoms with Gasteiger partial charge in [-0.1, -0.05) is 11.8 Å². The molecule has 0 spiro atoms. The summed E-state index contributed by atoms with van der Waals surface area (Å²) < 4.78 is 57.0. The highest BCUT2D eigenvalue weighted by Gasteiger charge is 2.34. The van der Waals surface area contributed by atoms with E-state index in [-0.39, 0.29) is 22.5 Å². The molecule has 2 rings (SSSR count). The number of rotatable bonds is 7. The molecule has 0 unspecified atom stereocenters. The van der Waals surface area contributed by atoms with Crippen LogP contribution in [0.2, 0.25) is 0 Å². The number of thioether (sulfide) groups is 1. The lowest BCUT2D eigenvalue weighted by atomic mass is 10.1. The van der Waals surface area contributed by atoms with Crippen LogP contribution in [-0.2, 0) is 15.7 Å². The molecule has 5 nitrogen and oxygen atoms in total. The summed E-state index contributed by atoms with van der Waals surface area (Å²) in [6.07, 6.45) is -4.67. The number of aromatic nitrogens is 2. The number of carbonyl (C=O) groups excluding carboxylic acids is 1. The highest BCUT2D eigenvalue weighted by atomic mass is 32.2. The predicted octanol–water partition coefficient (Wildman–Crippen LogP) is 3.16. The SMILES string of the molecule is COCCNC(=O)CSc1nc(-c2ccc(F)cc2)cc(C(F)(F)F)n1. The zero-order valence-electron chi connectivity index (χ0n) is 13.6. The molecule has 0 saturated carbocycles. The highest BCUT2D eigenvalue weighted by molar-refractivity contribution is 7.99. The molecule has 1 aromatic carbocycles. The zero-order chi connectivity index (χ0) is 19.2. The molecule has 0 saturated heterocycles. The maximum Gasteiger partial charge on any atom is 0.433 e. The average Bonchev–Trinajstić information content (AvgIpc) is 2.60. The number of nitrogens with one attached hydrogen (secondary N) is 1. The van der Waals surface area contributed by atoms with Gasteiger partial charge in [-0.15, -0.1) is 0 Å². The van der Waals surface area contributed by atoms with Crippen LogP contribution in [0.15, 0.2) is 35.5 Å². The largest absolute Gasteiger partial charge is 0.433 e. The van der Waals surface area contributed by atoms with Crippen LogP contribution < -0.4 is 5.32 Å². The van der Waals surface area contributed by atoms with Crippen molar-refractivity contribution in [2.75, 3.05) is 26.0 Å². The molecular formula is C16H15F4N3O2S. The lowest BCUT2D eigenvalue weighted by molar-refractivity contribution is -0.141. The van der Waals surface area contributed by atoms with Gasteiger partial charge in [0.2, 0.25) is 5.91 Å². The third kappa shape index (κ3) is 5.95. The standard InChI is InChI=1S/C16H15F4N3O2S/c1-25-7-6-21-14(24)9-26-15-22-12(8-13(23-15)16(18,19)20)10-2-4-11(17)5-3-10/h2-5,8H,6-7,9H2,1H3,(H,21,24). The van der Waals surface area contributed by atoms with Gasteiger partial charge >= 0.3 is 6.18 Å². The van der Waals surface area contributed by atoms with E-state index in [9.17, 15) is 22.4 Å². The van der Waals surface area contributed by atoms with Crippen LogP contribution >= 0.6 is 11.8 Å². The Hall–Kier alpha value is -2.20. The molecule has 26 heavy (non-hydrogen) atoms. The summed E-state index contributed by atoms with van der Waals surface area (Å²) in [6.45, 7) is 0.616. The Morgan fingerprint density at radius 1 is 1.23 bits per heavy atom. The van der Waals surface area contributed by atoms with Gasteiger partial charge in [0.15, 0.2) is 5.16 Å². The third-order valence-corrected chi connectivity index (χ3v) is 3.94. The molecule has 0 aliphatic carbocycles. The summed E-state index contributed by atoms with van der Waals surface area (Å²) in [7, 11) is 1.48. The molecule has 140 valence electrons. The van der Waals surface area contributed by atoms with Crippen molar-refractivity contribution in [1.82, 2.24) is 15.3 Å². The topological polar surface area (TPSA) is 64.1 Å². The summed E-state index contributed by atoms with van der Waals surface area (Å²) >= 11 is 0.780. The van der Waals surface area contributed by atoms with E-state index in [1.54, 1.807) is 0 Å². The first kappa shape index (κ1) is 20.1. The van der Waals surface area contributed by atoms with Crippen LogP contribution in [0.3, 0.4) is 0 Å². The van der Waals surface area contributed by atoms with E-state index in [1.165, 1.54) is 19.2 Å². The Labute approximate surface area is 151 Å².